The number of hydrogen-bond acceptors (Lipinski definition) is 5. The minimum absolute atomic E-state index is 0.0422. The molecular weight excluding hydrogens is 434 g/mol. The van der Waals surface area contributed by atoms with E-state index in [1.807, 2.05) is 44.2 Å². The van der Waals surface area contributed by atoms with Gasteiger partial charge in [-0.2, -0.15) is 0 Å². The second kappa shape index (κ2) is 8.12. The Bertz CT molecular complexity index is 1490. The summed E-state index contributed by atoms with van der Waals surface area (Å²) < 4.78 is 0. The lowest BCUT2D eigenvalue weighted by atomic mass is 9.52. The molecule has 174 valence electrons. The van der Waals surface area contributed by atoms with Gasteiger partial charge in [-0.05, 0) is 55.9 Å². The predicted octanol–water partition coefficient (Wildman–Crippen LogP) is 5.90. The smallest absolute Gasteiger partial charge is 0.165 e. The molecule has 3 atom stereocenters. The summed E-state index contributed by atoms with van der Waals surface area (Å²) >= 11 is 0. The number of aliphatic hydroxyl groups excluding tert-OH is 1. The van der Waals surface area contributed by atoms with Gasteiger partial charge in [-0.3, -0.25) is 9.78 Å². The van der Waals surface area contributed by atoms with Crippen LogP contribution in [0.3, 0.4) is 0 Å². The van der Waals surface area contributed by atoms with Crippen LogP contribution < -0.4 is 0 Å². The van der Waals surface area contributed by atoms with Gasteiger partial charge in [-0.15, -0.1) is 0 Å². The van der Waals surface area contributed by atoms with Crippen LogP contribution >= 0.6 is 0 Å². The maximum atomic E-state index is 13.1. The highest BCUT2D eigenvalue weighted by molar-refractivity contribution is 5.98. The zero-order valence-corrected chi connectivity index (χ0v) is 19.9. The van der Waals surface area contributed by atoms with Crippen molar-refractivity contribution in [3.63, 3.8) is 0 Å². The van der Waals surface area contributed by atoms with Crippen molar-refractivity contribution in [2.75, 3.05) is 0 Å². The number of aliphatic hydroxyl groups is 1. The number of rotatable bonds is 2. The number of carbonyl (C=O) groups excluding carboxylic acids is 1. The van der Waals surface area contributed by atoms with Crippen LogP contribution in [0.25, 0.3) is 22.2 Å². The first-order valence-electron chi connectivity index (χ1n) is 12.2. The van der Waals surface area contributed by atoms with E-state index in [4.69, 9.17) is 9.97 Å². The average molecular weight is 462 g/mol. The van der Waals surface area contributed by atoms with E-state index in [1.54, 1.807) is 6.20 Å². The van der Waals surface area contributed by atoms with Crippen LogP contribution in [-0.2, 0) is 16.6 Å². The summed E-state index contributed by atoms with van der Waals surface area (Å²) in [5.41, 5.74) is 6.19. The summed E-state index contributed by atoms with van der Waals surface area (Å²) in [7, 11) is 0. The highest BCUT2D eigenvalue weighted by atomic mass is 16.2. The molecule has 2 aromatic carbocycles. The highest BCUT2D eigenvalue weighted by Gasteiger charge is 2.55. The quantitative estimate of drug-likeness (QED) is 0.297. The van der Waals surface area contributed by atoms with Crippen LogP contribution in [0.5, 0.6) is 0 Å². The third kappa shape index (κ3) is 3.22. The summed E-state index contributed by atoms with van der Waals surface area (Å²) in [5.74, 6) is 0.637. The standard InChI is InChI=1S/C30H27N3O2/c1-18-25-12-11-24-27(21-10-13-26-20(15-21)7-6-14-31-26)32-19(2)33-29(24)30(25,16-22(17-34)28(18)35)23-8-4-3-5-9-23/h3-10,13-15,17-18,25,34H,11-12,16H2,1-2H3/b22-17-/t18-,25-,30+/m0/s1. The topological polar surface area (TPSA) is 76.0 Å². The first-order chi connectivity index (χ1) is 17.0. The summed E-state index contributed by atoms with van der Waals surface area (Å²) in [6, 6.07) is 20.7. The van der Waals surface area contributed by atoms with E-state index >= 15 is 0 Å². The van der Waals surface area contributed by atoms with Crippen LogP contribution in [0.15, 0.2) is 78.7 Å². The van der Waals surface area contributed by atoms with Crippen molar-refractivity contribution in [2.45, 2.75) is 38.5 Å². The summed E-state index contributed by atoms with van der Waals surface area (Å²) in [6.45, 7) is 3.94. The van der Waals surface area contributed by atoms with Crippen molar-refractivity contribution in [3.8, 4) is 11.3 Å². The van der Waals surface area contributed by atoms with Gasteiger partial charge in [0.25, 0.3) is 0 Å². The van der Waals surface area contributed by atoms with Crippen LogP contribution in [0.4, 0.5) is 0 Å². The Morgan fingerprint density at radius 3 is 2.69 bits per heavy atom. The van der Waals surface area contributed by atoms with Crippen molar-refractivity contribution >= 4 is 16.7 Å². The molecule has 2 aliphatic carbocycles. The minimum Gasteiger partial charge on any atom is -0.515 e. The van der Waals surface area contributed by atoms with Crippen molar-refractivity contribution in [2.24, 2.45) is 11.8 Å². The number of benzene rings is 2. The van der Waals surface area contributed by atoms with E-state index < -0.39 is 5.41 Å². The lowest BCUT2D eigenvalue weighted by Crippen LogP contribution is -2.51. The fourth-order valence-corrected chi connectivity index (χ4v) is 6.44. The number of Topliss-reactive ketones (excluding diaryl/α,β-unsaturated/α-hetero) is 1. The molecule has 2 aromatic heterocycles. The zero-order chi connectivity index (χ0) is 24.2. The molecule has 0 unspecified atom stereocenters. The molecule has 0 spiro atoms. The molecule has 0 radical (unpaired) electrons. The van der Waals surface area contributed by atoms with E-state index in [2.05, 4.69) is 35.3 Å². The van der Waals surface area contributed by atoms with Crippen molar-refractivity contribution in [3.05, 3.63) is 101 Å². The van der Waals surface area contributed by atoms with Gasteiger partial charge < -0.3 is 5.11 Å². The van der Waals surface area contributed by atoms with Gasteiger partial charge in [0.15, 0.2) is 5.78 Å². The molecule has 1 fully saturated rings. The number of aryl methyl sites for hydroxylation is 1. The second-order valence-electron chi connectivity index (χ2n) is 9.82. The number of hydrogen-bond donors (Lipinski definition) is 1. The first-order valence-corrected chi connectivity index (χ1v) is 12.2. The lowest BCUT2D eigenvalue weighted by molar-refractivity contribution is -0.123. The third-order valence-corrected chi connectivity index (χ3v) is 8.00. The number of ketones is 1. The molecule has 35 heavy (non-hydrogen) atoms. The van der Waals surface area contributed by atoms with Crippen LogP contribution in [0.1, 0.15) is 42.4 Å². The zero-order valence-electron chi connectivity index (χ0n) is 19.9. The molecule has 0 aliphatic heterocycles. The maximum Gasteiger partial charge on any atom is 0.165 e. The fraction of sp³-hybridized carbons (Fsp3) is 0.267. The van der Waals surface area contributed by atoms with Gasteiger partial charge in [0, 0.05) is 39.6 Å². The number of aromatic nitrogens is 3. The number of nitrogens with zero attached hydrogens (tertiary/aromatic N) is 3. The number of allylic oxidation sites excluding steroid dienone is 1. The molecular formula is C30H27N3O2. The summed E-state index contributed by atoms with van der Waals surface area (Å²) in [4.78, 5) is 27.6. The van der Waals surface area contributed by atoms with Gasteiger partial charge in [0.2, 0.25) is 0 Å². The number of carbonyl (C=O) groups is 1. The Morgan fingerprint density at radius 2 is 1.89 bits per heavy atom. The largest absolute Gasteiger partial charge is 0.515 e. The van der Waals surface area contributed by atoms with Crippen molar-refractivity contribution in [1.82, 2.24) is 15.0 Å². The SMILES string of the molecule is Cc1nc(-c2ccc3ncccc3c2)c2c(n1)[C@@]1(c3ccccc3)C/C(=C/O)C(=O)[C@@H](C)[C@@H]1CC2. The molecule has 6 rings (SSSR count). The Kier molecular flexibility index (Phi) is 5.03. The maximum absolute atomic E-state index is 13.1. The molecule has 4 aromatic rings. The lowest BCUT2D eigenvalue weighted by Gasteiger charge is -2.51. The van der Waals surface area contributed by atoms with Crippen LogP contribution in [-0.4, -0.2) is 25.8 Å². The third-order valence-electron chi connectivity index (χ3n) is 8.00. The molecule has 0 saturated heterocycles. The number of pyridine rings is 1. The Labute approximate surface area is 204 Å². The molecule has 1 saturated carbocycles. The number of fused-ring (bicyclic) bond motifs is 4. The minimum atomic E-state index is -0.502. The van der Waals surface area contributed by atoms with Crippen LogP contribution in [0, 0.1) is 18.8 Å². The monoisotopic (exact) mass is 461 g/mol. The van der Waals surface area contributed by atoms with Crippen molar-refractivity contribution in [1.29, 1.82) is 0 Å². The Balaban J connectivity index is 1.64. The molecule has 0 amide bonds. The predicted molar refractivity (Wildman–Crippen MR) is 136 cm³/mol. The molecule has 2 heterocycles. The van der Waals surface area contributed by atoms with E-state index in [0.29, 0.717) is 17.8 Å². The Hall–Kier alpha value is -3.86. The van der Waals surface area contributed by atoms with Crippen molar-refractivity contribution < 1.29 is 9.90 Å². The van der Waals surface area contributed by atoms with Gasteiger partial charge in [-0.1, -0.05) is 49.4 Å². The first kappa shape index (κ1) is 21.7. The van der Waals surface area contributed by atoms with E-state index in [-0.39, 0.29) is 17.6 Å². The normalized spacial score (nSPS) is 24.9. The molecule has 5 nitrogen and oxygen atoms in total. The Morgan fingerprint density at radius 1 is 1.06 bits per heavy atom. The molecule has 2 aliphatic rings. The van der Waals surface area contributed by atoms with Crippen LogP contribution in [0.2, 0.25) is 0 Å². The molecule has 1 N–H and O–H groups in total. The van der Waals surface area contributed by atoms with Gasteiger partial charge in [0.05, 0.1) is 23.2 Å². The van der Waals surface area contributed by atoms with Gasteiger partial charge in [0.1, 0.15) is 5.82 Å². The molecule has 0 bridgehead atoms. The fourth-order valence-electron chi connectivity index (χ4n) is 6.44. The second-order valence-corrected chi connectivity index (χ2v) is 9.82. The average Bonchev–Trinajstić information content (AvgIpc) is 2.90. The molecule has 5 heteroatoms. The van der Waals surface area contributed by atoms with E-state index in [0.717, 1.165) is 58.1 Å². The van der Waals surface area contributed by atoms with E-state index in [9.17, 15) is 9.90 Å². The van der Waals surface area contributed by atoms with E-state index in [1.165, 1.54) is 0 Å². The highest BCUT2D eigenvalue weighted by Crippen LogP contribution is 2.56. The summed E-state index contributed by atoms with van der Waals surface area (Å²) in [6.07, 6.45) is 4.93. The van der Waals surface area contributed by atoms with Gasteiger partial charge >= 0.3 is 0 Å². The van der Waals surface area contributed by atoms with Gasteiger partial charge in [-0.25, -0.2) is 9.97 Å². The summed E-state index contributed by atoms with van der Waals surface area (Å²) in [5, 5.41) is 11.1.